The molecule has 116 valence electrons. The first-order valence-corrected chi connectivity index (χ1v) is 7.11. The zero-order valence-corrected chi connectivity index (χ0v) is 13.2. The third-order valence-electron chi connectivity index (χ3n) is 3.30. The summed E-state index contributed by atoms with van der Waals surface area (Å²) in [5.41, 5.74) is 1.73. The van der Waals surface area contributed by atoms with E-state index in [1.54, 1.807) is 24.0 Å². The van der Waals surface area contributed by atoms with Crippen molar-refractivity contribution in [2.45, 2.75) is 32.9 Å². The number of hydrogen-bond donors (Lipinski definition) is 1. The van der Waals surface area contributed by atoms with Crippen LogP contribution in [-0.4, -0.2) is 53.5 Å². The lowest BCUT2D eigenvalue weighted by molar-refractivity contribution is -0.138. The average molecular weight is 292 g/mol. The fourth-order valence-electron chi connectivity index (χ4n) is 2.30. The number of benzene rings is 1. The fourth-order valence-corrected chi connectivity index (χ4v) is 2.30. The number of hydrogen-bond acceptors (Lipinski definition) is 3. The lowest BCUT2D eigenvalue weighted by Gasteiger charge is -2.27. The Hall–Kier alpha value is -1.88. The van der Waals surface area contributed by atoms with Crippen molar-refractivity contribution in [2.24, 2.45) is 0 Å². The largest absolute Gasteiger partial charge is 0.481 e. The number of rotatable bonds is 7. The van der Waals surface area contributed by atoms with Crippen molar-refractivity contribution in [1.82, 2.24) is 9.80 Å². The molecule has 0 aliphatic carbocycles. The minimum absolute atomic E-state index is 0.0434. The van der Waals surface area contributed by atoms with Crippen molar-refractivity contribution < 1.29 is 14.7 Å². The van der Waals surface area contributed by atoms with Crippen molar-refractivity contribution in [1.29, 1.82) is 0 Å². The molecule has 1 amide bonds. The van der Waals surface area contributed by atoms with E-state index >= 15 is 0 Å². The molecule has 0 aromatic heterocycles. The van der Waals surface area contributed by atoms with Crippen LogP contribution in [0.2, 0.25) is 0 Å². The molecule has 0 bridgehead atoms. The van der Waals surface area contributed by atoms with Gasteiger partial charge in [0.1, 0.15) is 0 Å². The van der Waals surface area contributed by atoms with Gasteiger partial charge in [-0.1, -0.05) is 12.1 Å². The topological polar surface area (TPSA) is 60.9 Å². The Morgan fingerprint density at radius 2 is 1.76 bits per heavy atom. The molecule has 1 aromatic carbocycles. The number of carbonyl (C=O) groups is 2. The summed E-state index contributed by atoms with van der Waals surface area (Å²) in [5, 5.41) is 8.86. The van der Waals surface area contributed by atoms with Crippen molar-refractivity contribution in [3.05, 3.63) is 35.4 Å². The van der Waals surface area contributed by atoms with Crippen LogP contribution in [0.15, 0.2) is 24.3 Å². The molecule has 1 atom stereocenters. The molecule has 5 nitrogen and oxygen atoms in total. The summed E-state index contributed by atoms with van der Waals surface area (Å²) in [7, 11) is 3.98. The van der Waals surface area contributed by atoms with E-state index in [0.29, 0.717) is 12.1 Å². The van der Waals surface area contributed by atoms with Gasteiger partial charge in [-0.15, -0.1) is 0 Å². The molecule has 1 aromatic rings. The van der Waals surface area contributed by atoms with Crippen LogP contribution < -0.4 is 0 Å². The molecule has 21 heavy (non-hydrogen) atoms. The number of carboxylic acid groups (broad SMARTS) is 1. The summed E-state index contributed by atoms with van der Waals surface area (Å²) in [6, 6.07) is 7.15. The van der Waals surface area contributed by atoms with E-state index in [2.05, 4.69) is 4.90 Å². The van der Waals surface area contributed by atoms with Gasteiger partial charge in [-0.25, -0.2) is 0 Å². The lowest BCUT2D eigenvalue weighted by atomic mass is 10.1. The monoisotopic (exact) mass is 292 g/mol. The van der Waals surface area contributed by atoms with Gasteiger partial charge in [-0.05, 0) is 45.6 Å². The third kappa shape index (κ3) is 5.19. The van der Waals surface area contributed by atoms with Crippen molar-refractivity contribution in [3.8, 4) is 0 Å². The normalized spacial score (nSPS) is 12.2. The Morgan fingerprint density at radius 1 is 1.19 bits per heavy atom. The molecule has 1 rings (SSSR count). The van der Waals surface area contributed by atoms with Gasteiger partial charge < -0.3 is 14.9 Å². The summed E-state index contributed by atoms with van der Waals surface area (Å²) >= 11 is 0. The number of nitrogens with zero attached hydrogens (tertiary/aromatic N) is 2. The number of amides is 1. The second-order valence-corrected chi connectivity index (χ2v) is 5.47. The van der Waals surface area contributed by atoms with Crippen LogP contribution in [0.5, 0.6) is 0 Å². The third-order valence-corrected chi connectivity index (χ3v) is 3.30. The summed E-state index contributed by atoms with van der Waals surface area (Å²) in [6.07, 6.45) is -0.0434. The van der Waals surface area contributed by atoms with Crippen molar-refractivity contribution in [2.75, 3.05) is 20.6 Å². The minimum Gasteiger partial charge on any atom is -0.481 e. The number of aliphatic carboxylic acids is 1. The fraction of sp³-hybridized carbons (Fsp3) is 0.500. The molecule has 0 fully saturated rings. The molecule has 0 spiro atoms. The van der Waals surface area contributed by atoms with E-state index in [0.717, 1.165) is 12.1 Å². The summed E-state index contributed by atoms with van der Waals surface area (Å²) in [6.45, 7) is 4.93. The molecular formula is C16H24N2O3. The maximum Gasteiger partial charge on any atom is 0.305 e. The zero-order valence-electron chi connectivity index (χ0n) is 13.2. The second kappa shape index (κ2) is 7.78. The highest BCUT2D eigenvalue weighted by molar-refractivity contribution is 5.94. The van der Waals surface area contributed by atoms with Gasteiger partial charge in [0.15, 0.2) is 0 Å². The molecule has 0 aliphatic rings. The second-order valence-electron chi connectivity index (χ2n) is 5.47. The highest BCUT2D eigenvalue weighted by Crippen LogP contribution is 2.13. The zero-order chi connectivity index (χ0) is 16.0. The first kappa shape index (κ1) is 17.2. The first-order valence-electron chi connectivity index (χ1n) is 7.11. The predicted molar refractivity (Wildman–Crippen MR) is 82.3 cm³/mol. The van der Waals surface area contributed by atoms with E-state index in [4.69, 9.17) is 5.11 Å². The quantitative estimate of drug-likeness (QED) is 0.836. The molecule has 5 heteroatoms. The number of carbonyl (C=O) groups excluding carboxylic acids is 1. The highest BCUT2D eigenvalue weighted by atomic mass is 16.4. The maximum absolute atomic E-state index is 12.5. The Balaban J connectivity index is 2.82. The van der Waals surface area contributed by atoms with Crippen molar-refractivity contribution in [3.63, 3.8) is 0 Å². The SMILES string of the molecule is CCN(C(=O)c1ccc(CN(C)C)cc1)C(C)CC(=O)O. The van der Waals surface area contributed by atoms with E-state index < -0.39 is 5.97 Å². The van der Waals surface area contributed by atoms with E-state index in [9.17, 15) is 9.59 Å². The van der Waals surface area contributed by atoms with Crippen LogP contribution in [0.4, 0.5) is 0 Å². The average Bonchev–Trinajstić information content (AvgIpc) is 2.38. The molecule has 0 aliphatic heterocycles. The van der Waals surface area contributed by atoms with Crippen LogP contribution in [-0.2, 0) is 11.3 Å². The van der Waals surface area contributed by atoms with Gasteiger partial charge in [-0.2, -0.15) is 0 Å². The standard InChI is InChI=1S/C16H24N2O3/c1-5-18(12(2)10-15(19)20)16(21)14-8-6-13(7-9-14)11-17(3)4/h6-9,12H,5,10-11H2,1-4H3,(H,19,20). The van der Waals surface area contributed by atoms with E-state index in [1.807, 2.05) is 33.2 Å². The van der Waals surface area contributed by atoms with Crippen LogP contribution in [0.3, 0.4) is 0 Å². The molecule has 0 radical (unpaired) electrons. The lowest BCUT2D eigenvalue weighted by Crippen LogP contribution is -2.39. The highest BCUT2D eigenvalue weighted by Gasteiger charge is 2.21. The molecule has 0 saturated heterocycles. The van der Waals surface area contributed by atoms with Gasteiger partial charge in [0.25, 0.3) is 5.91 Å². The smallest absolute Gasteiger partial charge is 0.305 e. The van der Waals surface area contributed by atoms with Gasteiger partial charge in [0.05, 0.1) is 6.42 Å². The van der Waals surface area contributed by atoms with E-state index in [1.165, 1.54) is 0 Å². The van der Waals surface area contributed by atoms with Gasteiger partial charge >= 0.3 is 5.97 Å². The van der Waals surface area contributed by atoms with Gasteiger partial charge in [0.2, 0.25) is 0 Å². The molecule has 1 N–H and O–H groups in total. The summed E-state index contributed by atoms with van der Waals surface area (Å²) < 4.78 is 0. The molecular weight excluding hydrogens is 268 g/mol. The molecule has 0 heterocycles. The first-order chi connectivity index (χ1) is 9.85. The summed E-state index contributed by atoms with van der Waals surface area (Å²) in [5.74, 6) is -1.02. The van der Waals surface area contributed by atoms with Crippen LogP contribution in [0.25, 0.3) is 0 Å². The Labute approximate surface area is 126 Å². The predicted octanol–water partition coefficient (Wildman–Crippen LogP) is 2.07. The Bertz CT molecular complexity index is 483. The molecule has 1 unspecified atom stereocenters. The Morgan fingerprint density at radius 3 is 2.19 bits per heavy atom. The Kier molecular flexibility index (Phi) is 6.37. The minimum atomic E-state index is -0.893. The number of carboxylic acids is 1. The maximum atomic E-state index is 12.5. The van der Waals surface area contributed by atoms with Crippen LogP contribution >= 0.6 is 0 Å². The van der Waals surface area contributed by atoms with Crippen molar-refractivity contribution >= 4 is 11.9 Å². The summed E-state index contributed by atoms with van der Waals surface area (Å²) in [4.78, 5) is 26.9. The van der Waals surface area contributed by atoms with Crippen LogP contribution in [0.1, 0.15) is 36.2 Å². The van der Waals surface area contributed by atoms with Gasteiger partial charge in [-0.3, -0.25) is 9.59 Å². The van der Waals surface area contributed by atoms with Crippen LogP contribution in [0, 0.1) is 0 Å². The molecule has 0 saturated carbocycles. The van der Waals surface area contributed by atoms with E-state index in [-0.39, 0.29) is 18.4 Å². The van der Waals surface area contributed by atoms with Gasteiger partial charge in [0, 0.05) is 24.7 Å².